The van der Waals surface area contributed by atoms with Crippen molar-refractivity contribution in [2.45, 2.75) is 20.4 Å². The van der Waals surface area contributed by atoms with Crippen LogP contribution in [0.1, 0.15) is 24.2 Å². The molecule has 0 saturated carbocycles. The Morgan fingerprint density at radius 1 is 1.11 bits per heavy atom. The van der Waals surface area contributed by atoms with Crippen LogP contribution in [0.5, 0.6) is 11.5 Å². The van der Waals surface area contributed by atoms with Crippen LogP contribution in [0.15, 0.2) is 70.5 Å². The number of nitrogens with one attached hydrogen (secondary N) is 1. The number of carbonyl (C=O) groups excluding carboxylic acids is 1. The molecule has 1 amide bonds. The second kappa shape index (κ2) is 10.9. The van der Waals surface area contributed by atoms with Gasteiger partial charge in [-0.3, -0.25) is 14.2 Å². The Morgan fingerprint density at radius 3 is 2.47 bits per heavy atom. The van der Waals surface area contributed by atoms with E-state index in [9.17, 15) is 23.2 Å². The van der Waals surface area contributed by atoms with Crippen LogP contribution in [0.4, 0.5) is 20.3 Å². The van der Waals surface area contributed by atoms with E-state index in [1.807, 2.05) is 13.8 Å². The van der Waals surface area contributed by atoms with E-state index >= 15 is 0 Å². The van der Waals surface area contributed by atoms with E-state index in [0.717, 1.165) is 29.0 Å². The number of anilines is 2. The van der Waals surface area contributed by atoms with Gasteiger partial charge >= 0.3 is 5.69 Å². The number of nitrogens with two attached hydrogens (primary N) is 1. The van der Waals surface area contributed by atoms with Gasteiger partial charge in [0, 0.05) is 36.8 Å². The van der Waals surface area contributed by atoms with Crippen LogP contribution in [0.2, 0.25) is 5.02 Å². The number of hydrogen-bond acceptors (Lipinski definition) is 6. The molecule has 38 heavy (non-hydrogen) atoms. The van der Waals surface area contributed by atoms with Crippen molar-refractivity contribution in [3.05, 3.63) is 104 Å². The SMILES string of the molecule is CC(C)Cn1cc(C(=O)Nc2ccc(Oc3ccnc(N)c3Cl)c(F)c2)c(=O)n(-c2ccc(F)cc2)c1=O. The van der Waals surface area contributed by atoms with Crippen LogP contribution in [0.25, 0.3) is 5.69 Å². The minimum Gasteiger partial charge on any atom is -0.453 e. The smallest absolute Gasteiger partial charge is 0.335 e. The van der Waals surface area contributed by atoms with E-state index in [-0.39, 0.29) is 51.7 Å². The molecule has 0 aliphatic carbocycles. The maximum Gasteiger partial charge on any atom is 0.335 e. The van der Waals surface area contributed by atoms with E-state index in [2.05, 4.69) is 10.3 Å². The van der Waals surface area contributed by atoms with Crippen molar-refractivity contribution in [1.29, 1.82) is 0 Å². The van der Waals surface area contributed by atoms with Crippen LogP contribution in [0, 0.1) is 17.6 Å². The highest BCUT2D eigenvalue weighted by Crippen LogP contribution is 2.33. The molecule has 0 bridgehead atoms. The summed E-state index contributed by atoms with van der Waals surface area (Å²) in [5.41, 5.74) is 3.78. The standard InChI is InChI=1S/C26H22ClF2N5O4/c1-14(2)12-33-13-18(25(36)34(26(33)37)17-6-3-15(28)4-7-17)24(35)32-16-5-8-20(19(29)11-16)38-21-9-10-31-23(30)22(21)27/h3-11,13-14H,12H2,1-2H3,(H2,30,31)(H,32,35). The fourth-order valence-corrected chi connectivity index (χ4v) is 3.75. The van der Waals surface area contributed by atoms with Gasteiger partial charge in [0.25, 0.3) is 11.5 Å². The van der Waals surface area contributed by atoms with Crippen molar-refractivity contribution in [1.82, 2.24) is 14.1 Å². The summed E-state index contributed by atoms with van der Waals surface area (Å²) in [5, 5.41) is 2.47. The number of ether oxygens (including phenoxy) is 1. The summed E-state index contributed by atoms with van der Waals surface area (Å²) in [6, 6.07) is 9.74. The van der Waals surface area contributed by atoms with E-state index < -0.39 is 28.8 Å². The van der Waals surface area contributed by atoms with Gasteiger partial charge < -0.3 is 15.8 Å². The Morgan fingerprint density at radius 2 is 1.82 bits per heavy atom. The van der Waals surface area contributed by atoms with Gasteiger partial charge in [-0.05, 0) is 42.3 Å². The number of amides is 1. The predicted octanol–water partition coefficient (Wildman–Crippen LogP) is 4.61. The molecule has 3 N–H and O–H groups in total. The summed E-state index contributed by atoms with van der Waals surface area (Å²) >= 11 is 6.03. The predicted molar refractivity (Wildman–Crippen MR) is 139 cm³/mol. The maximum absolute atomic E-state index is 14.8. The number of benzene rings is 2. The fraction of sp³-hybridized carbons (Fsp3) is 0.154. The topological polar surface area (TPSA) is 121 Å². The molecule has 0 saturated heterocycles. The van der Waals surface area contributed by atoms with Crippen LogP contribution in [-0.4, -0.2) is 20.0 Å². The summed E-state index contributed by atoms with van der Waals surface area (Å²) in [6.45, 7) is 3.93. The molecule has 0 spiro atoms. The van der Waals surface area contributed by atoms with Gasteiger partial charge in [-0.1, -0.05) is 25.4 Å². The highest BCUT2D eigenvalue weighted by Gasteiger charge is 2.20. The molecule has 0 aliphatic heterocycles. The second-order valence-electron chi connectivity index (χ2n) is 8.70. The van der Waals surface area contributed by atoms with E-state index in [0.29, 0.717) is 0 Å². The summed E-state index contributed by atoms with van der Waals surface area (Å²) < 4.78 is 35.7. The molecule has 2 aromatic heterocycles. The van der Waals surface area contributed by atoms with Crippen molar-refractivity contribution >= 4 is 29.0 Å². The average Bonchev–Trinajstić information content (AvgIpc) is 2.86. The van der Waals surface area contributed by atoms with Gasteiger partial charge in [0.05, 0.1) is 5.69 Å². The molecule has 0 radical (unpaired) electrons. The molecule has 4 aromatic rings. The lowest BCUT2D eigenvalue weighted by Crippen LogP contribution is -2.42. The fourth-order valence-electron chi connectivity index (χ4n) is 3.60. The first-order valence-electron chi connectivity index (χ1n) is 11.4. The molecule has 2 aromatic carbocycles. The Labute approximate surface area is 220 Å². The Bertz CT molecular complexity index is 1630. The van der Waals surface area contributed by atoms with Crippen molar-refractivity contribution in [2.24, 2.45) is 5.92 Å². The zero-order chi connectivity index (χ0) is 27.6. The van der Waals surface area contributed by atoms with Gasteiger partial charge in [-0.2, -0.15) is 0 Å². The zero-order valence-corrected chi connectivity index (χ0v) is 21.0. The van der Waals surface area contributed by atoms with Crippen molar-refractivity contribution in [3.63, 3.8) is 0 Å². The quantitative estimate of drug-likeness (QED) is 0.352. The number of halogens is 3. The van der Waals surface area contributed by atoms with Crippen LogP contribution in [-0.2, 0) is 6.54 Å². The Hall–Kier alpha value is -4.51. The van der Waals surface area contributed by atoms with Gasteiger partial charge in [0.1, 0.15) is 22.2 Å². The van der Waals surface area contributed by atoms with Gasteiger partial charge in [0.2, 0.25) is 0 Å². The third-order valence-corrected chi connectivity index (χ3v) is 5.72. The number of hydrogen-bond donors (Lipinski definition) is 2. The molecule has 0 atom stereocenters. The molecule has 9 nitrogen and oxygen atoms in total. The van der Waals surface area contributed by atoms with Crippen molar-refractivity contribution in [2.75, 3.05) is 11.1 Å². The first-order valence-corrected chi connectivity index (χ1v) is 11.7. The first-order chi connectivity index (χ1) is 18.0. The van der Waals surface area contributed by atoms with Crippen molar-refractivity contribution < 1.29 is 18.3 Å². The van der Waals surface area contributed by atoms with Crippen LogP contribution in [0.3, 0.4) is 0 Å². The number of rotatable bonds is 7. The van der Waals surface area contributed by atoms with Crippen molar-refractivity contribution in [3.8, 4) is 17.2 Å². The maximum atomic E-state index is 14.8. The molecule has 196 valence electrons. The van der Waals surface area contributed by atoms with E-state index in [4.69, 9.17) is 22.1 Å². The summed E-state index contributed by atoms with van der Waals surface area (Å²) in [7, 11) is 0. The molecule has 12 heteroatoms. The number of pyridine rings is 1. The lowest BCUT2D eigenvalue weighted by molar-refractivity contribution is 0.102. The molecular formula is C26H22ClF2N5O4. The molecule has 0 aliphatic rings. The lowest BCUT2D eigenvalue weighted by atomic mass is 10.2. The average molecular weight is 542 g/mol. The molecule has 0 unspecified atom stereocenters. The Balaban J connectivity index is 1.67. The van der Waals surface area contributed by atoms with E-state index in [1.54, 1.807) is 0 Å². The molecule has 2 heterocycles. The Kier molecular flexibility index (Phi) is 7.58. The summed E-state index contributed by atoms with van der Waals surface area (Å²) in [4.78, 5) is 43.1. The number of aromatic nitrogens is 3. The molecule has 0 fully saturated rings. The molecular weight excluding hydrogens is 520 g/mol. The third kappa shape index (κ3) is 5.57. The normalized spacial score (nSPS) is 11.0. The second-order valence-corrected chi connectivity index (χ2v) is 9.08. The summed E-state index contributed by atoms with van der Waals surface area (Å²) in [5.74, 6) is -2.35. The van der Waals surface area contributed by atoms with Gasteiger partial charge in [-0.25, -0.2) is 23.1 Å². The zero-order valence-electron chi connectivity index (χ0n) is 20.2. The summed E-state index contributed by atoms with van der Waals surface area (Å²) in [6.07, 6.45) is 2.50. The minimum absolute atomic E-state index is 0.00803. The highest BCUT2D eigenvalue weighted by atomic mass is 35.5. The van der Waals surface area contributed by atoms with Crippen LogP contribution < -0.4 is 27.0 Å². The third-order valence-electron chi connectivity index (χ3n) is 5.34. The monoisotopic (exact) mass is 541 g/mol. The van der Waals surface area contributed by atoms with Gasteiger partial charge in [0.15, 0.2) is 17.3 Å². The number of nitrogens with zero attached hydrogens (tertiary/aromatic N) is 3. The molecule has 4 rings (SSSR count). The highest BCUT2D eigenvalue weighted by molar-refractivity contribution is 6.34. The lowest BCUT2D eigenvalue weighted by Gasteiger charge is -2.15. The van der Waals surface area contributed by atoms with Gasteiger partial charge in [-0.15, -0.1) is 0 Å². The largest absolute Gasteiger partial charge is 0.453 e. The number of carbonyl (C=O) groups is 1. The number of nitrogen functional groups attached to an aromatic ring is 1. The first kappa shape index (κ1) is 26.6. The van der Waals surface area contributed by atoms with E-state index in [1.165, 1.54) is 41.1 Å². The van der Waals surface area contributed by atoms with Crippen LogP contribution >= 0.6 is 11.6 Å². The minimum atomic E-state index is -0.913.